The molecule has 1 aromatic carbocycles. The number of fused-ring (bicyclic) bond motifs is 3. The first kappa shape index (κ1) is 12.8. The molecule has 1 aliphatic carbocycles. The largest absolute Gasteiger partial charge is 0.496 e. The Morgan fingerprint density at radius 3 is 2.84 bits per heavy atom. The predicted molar refractivity (Wildman–Crippen MR) is 76.1 cm³/mol. The average molecular weight is 282 g/mol. The smallest absolute Gasteiger partial charge is 0.128 e. The van der Waals surface area contributed by atoms with E-state index in [1.54, 1.807) is 7.11 Å². The van der Waals surface area contributed by atoms with Crippen LogP contribution in [0.5, 0.6) is 5.75 Å². The second-order valence-electron chi connectivity index (χ2n) is 4.95. The summed E-state index contributed by atoms with van der Waals surface area (Å²) in [5.41, 5.74) is 3.48. The Morgan fingerprint density at radius 1 is 1.32 bits per heavy atom. The zero-order valence-corrected chi connectivity index (χ0v) is 11.8. The summed E-state index contributed by atoms with van der Waals surface area (Å²) in [5.74, 6) is 0.843. The van der Waals surface area contributed by atoms with Crippen LogP contribution in [0.15, 0.2) is 12.1 Å². The van der Waals surface area contributed by atoms with Crippen molar-refractivity contribution in [1.82, 2.24) is 4.57 Å². The van der Waals surface area contributed by atoms with Crippen molar-refractivity contribution in [2.45, 2.75) is 32.2 Å². The number of nitrogens with zero attached hydrogens (tertiary/aromatic N) is 1. The van der Waals surface area contributed by atoms with E-state index in [-0.39, 0.29) is 6.67 Å². The molecule has 0 unspecified atom stereocenters. The van der Waals surface area contributed by atoms with Gasteiger partial charge in [-0.2, -0.15) is 0 Å². The van der Waals surface area contributed by atoms with Crippen LogP contribution in [-0.2, 0) is 19.4 Å². The van der Waals surface area contributed by atoms with Crippen molar-refractivity contribution in [3.05, 3.63) is 28.4 Å². The Morgan fingerprint density at radius 2 is 2.11 bits per heavy atom. The minimum absolute atomic E-state index is 0.371. The van der Waals surface area contributed by atoms with Crippen LogP contribution in [0.1, 0.15) is 24.1 Å². The number of hydrogen-bond acceptors (Lipinski definition) is 1. The van der Waals surface area contributed by atoms with Crippen molar-refractivity contribution in [1.29, 1.82) is 0 Å². The average Bonchev–Trinajstić information content (AvgIpc) is 2.77. The number of aryl methyl sites for hydroxylation is 2. The Labute approximate surface area is 117 Å². The van der Waals surface area contributed by atoms with Gasteiger partial charge in [0.25, 0.3) is 0 Å². The highest BCUT2D eigenvalue weighted by molar-refractivity contribution is 6.35. The molecule has 4 heteroatoms. The van der Waals surface area contributed by atoms with E-state index in [4.69, 9.17) is 16.3 Å². The van der Waals surface area contributed by atoms with E-state index >= 15 is 0 Å². The van der Waals surface area contributed by atoms with Crippen LogP contribution in [-0.4, -0.2) is 18.4 Å². The van der Waals surface area contributed by atoms with Crippen LogP contribution in [0, 0.1) is 0 Å². The summed E-state index contributed by atoms with van der Waals surface area (Å²) >= 11 is 6.35. The molecule has 1 aromatic heterocycles. The van der Waals surface area contributed by atoms with Gasteiger partial charge in [0.15, 0.2) is 0 Å². The third kappa shape index (κ3) is 1.91. The molecular formula is C15H17ClFNO. The van der Waals surface area contributed by atoms with Crippen LogP contribution in [0.4, 0.5) is 4.39 Å². The van der Waals surface area contributed by atoms with Gasteiger partial charge in [0.2, 0.25) is 0 Å². The van der Waals surface area contributed by atoms with Gasteiger partial charge in [0, 0.05) is 11.1 Å². The van der Waals surface area contributed by atoms with Crippen molar-refractivity contribution in [3.8, 4) is 5.75 Å². The summed E-state index contributed by atoms with van der Waals surface area (Å²) in [7, 11) is 1.67. The van der Waals surface area contributed by atoms with Crippen LogP contribution in [0.2, 0.25) is 5.02 Å². The molecule has 0 amide bonds. The Kier molecular flexibility index (Phi) is 3.40. The molecule has 2 aromatic rings. The van der Waals surface area contributed by atoms with Crippen molar-refractivity contribution in [2.24, 2.45) is 0 Å². The fraction of sp³-hybridized carbons (Fsp3) is 0.467. The zero-order valence-electron chi connectivity index (χ0n) is 11.0. The fourth-order valence-electron chi connectivity index (χ4n) is 3.20. The van der Waals surface area contributed by atoms with Gasteiger partial charge in [0.05, 0.1) is 24.2 Å². The number of halogens is 2. The van der Waals surface area contributed by atoms with Crippen LogP contribution >= 0.6 is 11.6 Å². The van der Waals surface area contributed by atoms with Gasteiger partial charge in [0.1, 0.15) is 12.4 Å². The van der Waals surface area contributed by atoms with Gasteiger partial charge in [-0.05, 0) is 43.4 Å². The number of hydrogen-bond donors (Lipinski definition) is 0. The first-order chi connectivity index (χ1) is 9.27. The summed E-state index contributed by atoms with van der Waals surface area (Å²) in [6.07, 6.45) is 4.37. The second-order valence-corrected chi connectivity index (χ2v) is 5.35. The van der Waals surface area contributed by atoms with E-state index < -0.39 is 0 Å². The molecule has 1 heterocycles. The molecule has 0 atom stereocenters. The zero-order chi connectivity index (χ0) is 13.4. The lowest BCUT2D eigenvalue weighted by atomic mass is 9.95. The molecule has 1 aliphatic rings. The number of alkyl halides is 1. The highest BCUT2D eigenvalue weighted by Crippen LogP contribution is 2.40. The molecule has 102 valence electrons. The highest BCUT2D eigenvalue weighted by Gasteiger charge is 2.23. The molecule has 0 radical (unpaired) electrons. The molecule has 0 aliphatic heterocycles. The van der Waals surface area contributed by atoms with E-state index in [1.165, 1.54) is 17.7 Å². The maximum atomic E-state index is 12.9. The normalized spacial score (nSPS) is 14.7. The van der Waals surface area contributed by atoms with Crippen LogP contribution in [0.3, 0.4) is 0 Å². The molecular weight excluding hydrogens is 265 g/mol. The molecule has 0 spiro atoms. The molecule has 19 heavy (non-hydrogen) atoms. The lowest BCUT2D eigenvalue weighted by molar-refractivity contribution is 0.419. The minimum atomic E-state index is -0.371. The lowest BCUT2D eigenvalue weighted by Gasteiger charge is -2.15. The van der Waals surface area contributed by atoms with Crippen molar-refractivity contribution >= 4 is 22.5 Å². The molecule has 3 rings (SSSR count). The highest BCUT2D eigenvalue weighted by atomic mass is 35.5. The maximum absolute atomic E-state index is 12.9. The van der Waals surface area contributed by atoms with E-state index in [1.807, 2.05) is 12.1 Å². The van der Waals surface area contributed by atoms with E-state index in [9.17, 15) is 4.39 Å². The first-order valence-electron chi connectivity index (χ1n) is 6.70. The molecule has 2 nitrogen and oxygen atoms in total. The molecule has 0 saturated heterocycles. The van der Waals surface area contributed by atoms with Gasteiger partial charge in [-0.25, -0.2) is 4.39 Å². The molecule has 0 saturated carbocycles. The van der Waals surface area contributed by atoms with Gasteiger partial charge >= 0.3 is 0 Å². The van der Waals surface area contributed by atoms with Crippen molar-refractivity contribution < 1.29 is 9.13 Å². The second kappa shape index (κ2) is 5.04. The van der Waals surface area contributed by atoms with Crippen LogP contribution < -0.4 is 4.74 Å². The van der Waals surface area contributed by atoms with Crippen LogP contribution in [0.25, 0.3) is 10.9 Å². The molecule has 0 fully saturated rings. The third-order valence-electron chi connectivity index (χ3n) is 3.95. The number of aromatic nitrogens is 1. The standard InChI is InChI=1S/C15H17ClFNO/c1-19-13-7-6-11(16)15-14(13)10-4-2-3-5-12(10)18(15)9-8-17/h6-7H,2-5,8-9H2,1H3. The Hall–Kier alpha value is -1.22. The SMILES string of the molecule is COc1ccc(Cl)c2c1c1c(n2CCF)CCCC1. The lowest BCUT2D eigenvalue weighted by Crippen LogP contribution is -2.09. The summed E-state index contributed by atoms with van der Waals surface area (Å²) in [5, 5.41) is 1.76. The van der Waals surface area contributed by atoms with E-state index in [0.29, 0.717) is 11.6 Å². The monoisotopic (exact) mass is 281 g/mol. The van der Waals surface area contributed by atoms with E-state index in [2.05, 4.69) is 4.57 Å². The summed E-state index contributed by atoms with van der Waals surface area (Å²) < 4.78 is 20.4. The van der Waals surface area contributed by atoms with Crippen molar-refractivity contribution in [2.75, 3.05) is 13.8 Å². The van der Waals surface area contributed by atoms with Crippen molar-refractivity contribution in [3.63, 3.8) is 0 Å². The fourth-order valence-corrected chi connectivity index (χ4v) is 3.46. The number of methoxy groups -OCH3 is 1. The van der Waals surface area contributed by atoms with Gasteiger partial charge in [-0.3, -0.25) is 0 Å². The Bertz CT molecular complexity index is 620. The first-order valence-corrected chi connectivity index (χ1v) is 7.08. The predicted octanol–water partition coefficient (Wildman–Crippen LogP) is 4.15. The summed E-state index contributed by atoms with van der Waals surface area (Å²) in [6, 6.07) is 3.74. The van der Waals surface area contributed by atoms with Gasteiger partial charge in [-0.1, -0.05) is 11.6 Å². The minimum Gasteiger partial charge on any atom is -0.496 e. The summed E-state index contributed by atoms with van der Waals surface area (Å²) in [6.45, 7) is 0.00246. The van der Waals surface area contributed by atoms with Gasteiger partial charge < -0.3 is 9.30 Å². The number of rotatable bonds is 3. The summed E-state index contributed by atoms with van der Waals surface area (Å²) in [4.78, 5) is 0. The van der Waals surface area contributed by atoms with E-state index in [0.717, 1.165) is 35.9 Å². The molecule has 0 N–H and O–H groups in total. The quantitative estimate of drug-likeness (QED) is 0.824. The number of benzene rings is 1. The number of ether oxygens (including phenoxy) is 1. The topological polar surface area (TPSA) is 14.2 Å². The Balaban J connectivity index is 2.38. The molecule has 0 bridgehead atoms. The van der Waals surface area contributed by atoms with Gasteiger partial charge in [-0.15, -0.1) is 0 Å². The maximum Gasteiger partial charge on any atom is 0.128 e. The third-order valence-corrected chi connectivity index (χ3v) is 4.26.